The lowest BCUT2D eigenvalue weighted by atomic mass is 10.1. The molecule has 3 nitrogen and oxygen atoms in total. The summed E-state index contributed by atoms with van der Waals surface area (Å²) in [6.07, 6.45) is 10.9. The number of aromatic nitrogens is 2. The Hall–Kier alpha value is -1.40. The summed E-state index contributed by atoms with van der Waals surface area (Å²) < 4.78 is 0. The Bertz CT molecular complexity index is 263. The van der Waals surface area contributed by atoms with Gasteiger partial charge in [-0.2, -0.15) is 0 Å². The zero-order valence-corrected chi connectivity index (χ0v) is 6.99. The summed E-state index contributed by atoms with van der Waals surface area (Å²) in [7, 11) is 1.87. The molecule has 1 N–H and O–H groups in total. The van der Waals surface area contributed by atoms with E-state index in [1.54, 1.807) is 12.4 Å². The molecule has 0 aliphatic heterocycles. The van der Waals surface area contributed by atoms with Gasteiger partial charge in [0, 0.05) is 30.4 Å². The SMILES string of the molecule is C#CCC(NC)c1cncnc1. The van der Waals surface area contributed by atoms with Crippen LogP contribution in [0.3, 0.4) is 0 Å². The summed E-state index contributed by atoms with van der Waals surface area (Å²) in [6, 6.07) is 0.163. The normalized spacial score (nSPS) is 12.0. The van der Waals surface area contributed by atoms with E-state index in [1.807, 2.05) is 7.05 Å². The van der Waals surface area contributed by atoms with Crippen LogP contribution < -0.4 is 5.32 Å². The Balaban J connectivity index is 2.75. The second-order valence-electron chi connectivity index (χ2n) is 2.42. The molecule has 1 aromatic heterocycles. The lowest BCUT2D eigenvalue weighted by Crippen LogP contribution is -2.15. The van der Waals surface area contributed by atoms with Gasteiger partial charge in [0.25, 0.3) is 0 Å². The van der Waals surface area contributed by atoms with Gasteiger partial charge in [0.2, 0.25) is 0 Å². The molecule has 0 radical (unpaired) electrons. The third kappa shape index (κ3) is 2.04. The topological polar surface area (TPSA) is 37.8 Å². The molecule has 0 amide bonds. The van der Waals surface area contributed by atoms with E-state index in [4.69, 9.17) is 6.42 Å². The van der Waals surface area contributed by atoms with Gasteiger partial charge in [-0.3, -0.25) is 0 Å². The van der Waals surface area contributed by atoms with Gasteiger partial charge in [0.15, 0.2) is 0 Å². The number of rotatable bonds is 3. The average molecular weight is 161 g/mol. The van der Waals surface area contributed by atoms with Crippen LogP contribution in [0.5, 0.6) is 0 Å². The lowest BCUT2D eigenvalue weighted by molar-refractivity contribution is 0.606. The molecule has 1 heterocycles. The molecule has 62 valence electrons. The van der Waals surface area contributed by atoms with Gasteiger partial charge in [-0.05, 0) is 7.05 Å². The molecule has 0 bridgehead atoms. The number of nitrogens with one attached hydrogen (secondary N) is 1. The molecular formula is C9H11N3. The number of hydrogen-bond donors (Lipinski definition) is 1. The summed E-state index contributed by atoms with van der Waals surface area (Å²) in [5.74, 6) is 2.60. The second-order valence-corrected chi connectivity index (χ2v) is 2.42. The average Bonchev–Trinajstić information content (AvgIpc) is 2.15. The first-order chi connectivity index (χ1) is 5.88. The molecule has 1 rings (SSSR count). The summed E-state index contributed by atoms with van der Waals surface area (Å²) in [5, 5.41) is 3.10. The molecule has 3 heteroatoms. The maximum Gasteiger partial charge on any atom is 0.115 e. The minimum Gasteiger partial charge on any atom is -0.312 e. The summed E-state index contributed by atoms with van der Waals surface area (Å²) in [4.78, 5) is 7.83. The van der Waals surface area contributed by atoms with Crippen LogP contribution in [0.2, 0.25) is 0 Å². The number of terminal acetylenes is 1. The van der Waals surface area contributed by atoms with E-state index in [2.05, 4.69) is 21.2 Å². The van der Waals surface area contributed by atoms with Crippen molar-refractivity contribution in [2.45, 2.75) is 12.5 Å². The third-order valence-corrected chi connectivity index (χ3v) is 1.65. The maximum atomic E-state index is 5.21. The molecular weight excluding hydrogens is 150 g/mol. The van der Waals surface area contributed by atoms with Crippen molar-refractivity contribution in [3.63, 3.8) is 0 Å². The van der Waals surface area contributed by atoms with Gasteiger partial charge >= 0.3 is 0 Å². The molecule has 0 spiro atoms. The van der Waals surface area contributed by atoms with E-state index in [9.17, 15) is 0 Å². The van der Waals surface area contributed by atoms with Crippen LogP contribution in [0.15, 0.2) is 18.7 Å². The van der Waals surface area contributed by atoms with E-state index >= 15 is 0 Å². The Morgan fingerprint density at radius 2 is 2.25 bits per heavy atom. The minimum absolute atomic E-state index is 0.163. The molecule has 1 aromatic rings. The fourth-order valence-corrected chi connectivity index (χ4v) is 0.995. The van der Waals surface area contributed by atoms with Gasteiger partial charge in [-0.15, -0.1) is 12.3 Å². The van der Waals surface area contributed by atoms with E-state index in [1.165, 1.54) is 6.33 Å². The van der Waals surface area contributed by atoms with Gasteiger partial charge in [0.05, 0.1) is 0 Å². The fourth-order valence-electron chi connectivity index (χ4n) is 0.995. The van der Waals surface area contributed by atoms with Crippen LogP contribution in [0.4, 0.5) is 0 Å². The first-order valence-electron chi connectivity index (χ1n) is 3.74. The highest BCUT2D eigenvalue weighted by Gasteiger charge is 2.06. The second kappa shape index (κ2) is 4.47. The van der Waals surface area contributed by atoms with Gasteiger partial charge in [-0.25, -0.2) is 9.97 Å². The standard InChI is InChI=1S/C9H11N3/c1-3-4-9(10-2)8-5-11-7-12-6-8/h1,5-7,9-10H,4H2,2H3. The predicted molar refractivity (Wildman–Crippen MR) is 47.3 cm³/mol. The largest absolute Gasteiger partial charge is 0.312 e. The van der Waals surface area contributed by atoms with Crippen LogP contribution in [0.1, 0.15) is 18.0 Å². The number of hydrogen-bond acceptors (Lipinski definition) is 3. The predicted octanol–water partition coefficient (Wildman–Crippen LogP) is 0.760. The molecule has 12 heavy (non-hydrogen) atoms. The van der Waals surface area contributed by atoms with Crippen molar-refractivity contribution in [3.05, 3.63) is 24.3 Å². The van der Waals surface area contributed by atoms with E-state index in [-0.39, 0.29) is 6.04 Å². The zero-order valence-electron chi connectivity index (χ0n) is 6.99. The zero-order chi connectivity index (χ0) is 8.81. The van der Waals surface area contributed by atoms with E-state index in [0.717, 1.165) is 5.56 Å². The van der Waals surface area contributed by atoms with Crippen molar-refractivity contribution in [2.24, 2.45) is 0 Å². The molecule has 0 aromatic carbocycles. The van der Waals surface area contributed by atoms with Crippen molar-refractivity contribution in [1.82, 2.24) is 15.3 Å². The summed E-state index contributed by atoms with van der Waals surface area (Å²) in [6.45, 7) is 0. The van der Waals surface area contributed by atoms with E-state index in [0.29, 0.717) is 6.42 Å². The van der Waals surface area contributed by atoms with Gasteiger partial charge < -0.3 is 5.32 Å². The van der Waals surface area contributed by atoms with Crippen molar-refractivity contribution < 1.29 is 0 Å². The number of nitrogens with zero attached hydrogens (tertiary/aromatic N) is 2. The molecule has 0 fully saturated rings. The smallest absolute Gasteiger partial charge is 0.115 e. The van der Waals surface area contributed by atoms with Crippen LogP contribution in [-0.4, -0.2) is 17.0 Å². The molecule has 0 aliphatic carbocycles. The Labute approximate surface area is 72.2 Å². The highest BCUT2D eigenvalue weighted by atomic mass is 14.9. The lowest BCUT2D eigenvalue weighted by Gasteiger charge is -2.11. The van der Waals surface area contributed by atoms with Gasteiger partial charge in [0.1, 0.15) is 6.33 Å². The highest BCUT2D eigenvalue weighted by molar-refractivity contribution is 5.11. The fraction of sp³-hybridized carbons (Fsp3) is 0.333. The Kier molecular flexibility index (Phi) is 3.24. The molecule has 1 atom stereocenters. The van der Waals surface area contributed by atoms with Gasteiger partial charge in [-0.1, -0.05) is 0 Å². The highest BCUT2D eigenvalue weighted by Crippen LogP contribution is 2.12. The van der Waals surface area contributed by atoms with Crippen molar-refractivity contribution >= 4 is 0 Å². The molecule has 0 saturated carbocycles. The van der Waals surface area contributed by atoms with Crippen LogP contribution in [0, 0.1) is 12.3 Å². The van der Waals surface area contributed by atoms with Crippen LogP contribution >= 0.6 is 0 Å². The molecule has 1 unspecified atom stereocenters. The Morgan fingerprint density at radius 1 is 1.58 bits per heavy atom. The first-order valence-corrected chi connectivity index (χ1v) is 3.74. The first kappa shape index (κ1) is 8.69. The van der Waals surface area contributed by atoms with Crippen molar-refractivity contribution in [2.75, 3.05) is 7.05 Å². The molecule has 0 aliphatic rings. The summed E-state index contributed by atoms with van der Waals surface area (Å²) >= 11 is 0. The quantitative estimate of drug-likeness (QED) is 0.665. The monoisotopic (exact) mass is 161 g/mol. The summed E-state index contributed by atoms with van der Waals surface area (Å²) in [5.41, 5.74) is 1.03. The maximum absolute atomic E-state index is 5.21. The van der Waals surface area contributed by atoms with Crippen molar-refractivity contribution in [1.29, 1.82) is 0 Å². The Morgan fingerprint density at radius 3 is 2.75 bits per heavy atom. The van der Waals surface area contributed by atoms with Crippen molar-refractivity contribution in [3.8, 4) is 12.3 Å². The van der Waals surface area contributed by atoms with Crippen LogP contribution in [-0.2, 0) is 0 Å². The third-order valence-electron chi connectivity index (χ3n) is 1.65. The van der Waals surface area contributed by atoms with E-state index < -0.39 is 0 Å². The van der Waals surface area contributed by atoms with Crippen LogP contribution in [0.25, 0.3) is 0 Å². The molecule has 0 saturated heterocycles. The minimum atomic E-state index is 0.163.